The molecule has 3 nitrogen and oxygen atoms in total. The maximum atomic E-state index is 8.53. The summed E-state index contributed by atoms with van der Waals surface area (Å²) in [6.45, 7) is 3.82. The molecule has 0 aliphatic heterocycles. The standard InChI is InChI=1S/C5H13NO2/c1-3-8-5-4-6(2)7/h7H,3-5H2,1-2H3. The Morgan fingerprint density at radius 2 is 2.25 bits per heavy atom. The van der Waals surface area contributed by atoms with Gasteiger partial charge in [-0.1, -0.05) is 0 Å². The molecule has 0 unspecified atom stereocenters. The summed E-state index contributed by atoms with van der Waals surface area (Å²) in [5, 5.41) is 9.64. The lowest BCUT2D eigenvalue weighted by atomic mass is 10.7. The van der Waals surface area contributed by atoms with E-state index in [1.54, 1.807) is 7.05 Å². The molecule has 0 spiro atoms. The molecule has 0 aromatic heterocycles. The fourth-order valence-corrected chi connectivity index (χ4v) is 0.341. The van der Waals surface area contributed by atoms with E-state index in [1.165, 1.54) is 0 Å². The normalized spacial score (nSPS) is 10.5. The highest BCUT2D eigenvalue weighted by Gasteiger charge is 1.87. The molecule has 8 heavy (non-hydrogen) atoms. The van der Waals surface area contributed by atoms with Crippen molar-refractivity contribution in [2.24, 2.45) is 0 Å². The summed E-state index contributed by atoms with van der Waals surface area (Å²) in [4.78, 5) is 0. The molecule has 0 atom stereocenters. The van der Waals surface area contributed by atoms with Crippen LogP contribution in [0.1, 0.15) is 6.92 Å². The number of nitrogens with zero attached hydrogens (tertiary/aromatic N) is 1. The molecule has 0 amide bonds. The Labute approximate surface area is 49.8 Å². The summed E-state index contributed by atoms with van der Waals surface area (Å²) in [5.41, 5.74) is 0. The molecule has 50 valence electrons. The maximum absolute atomic E-state index is 8.53. The molecular weight excluding hydrogens is 106 g/mol. The summed E-state index contributed by atoms with van der Waals surface area (Å²) < 4.78 is 4.94. The van der Waals surface area contributed by atoms with Crippen molar-refractivity contribution in [2.75, 3.05) is 26.8 Å². The molecule has 3 heteroatoms. The highest BCUT2D eigenvalue weighted by molar-refractivity contribution is 4.31. The van der Waals surface area contributed by atoms with Crippen molar-refractivity contribution in [1.29, 1.82) is 0 Å². The van der Waals surface area contributed by atoms with E-state index in [-0.39, 0.29) is 0 Å². The third-order valence-corrected chi connectivity index (χ3v) is 0.763. The Hall–Kier alpha value is -0.120. The second-order valence-electron chi connectivity index (χ2n) is 1.58. The predicted molar refractivity (Wildman–Crippen MR) is 30.9 cm³/mol. The van der Waals surface area contributed by atoms with E-state index in [0.29, 0.717) is 19.8 Å². The van der Waals surface area contributed by atoms with E-state index in [4.69, 9.17) is 9.94 Å². The summed E-state index contributed by atoms with van der Waals surface area (Å²) in [7, 11) is 1.60. The van der Waals surface area contributed by atoms with Crippen LogP contribution in [0.15, 0.2) is 0 Å². The van der Waals surface area contributed by atoms with Gasteiger partial charge < -0.3 is 9.94 Å². The van der Waals surface area contributed by atoms with Gasteiger partial charge in [-0.05, 0) is 6.92 Å². The Morgan fingerprint density at radius 1 is 1.62 bits per heavy atom. The van der Waals surface area contributed by atoms with Crippen LogP contribution in [0.5, 0.6) is 0 Å². The van der Waals surface area contributed by atoms with Crippen LogP contribution >= 0.6 is 0 Å². The van der Waals surface area contributed by atoms with E-state index < -0.39 is 0 Å². The van der Waals surface area contributed by atoms with E-state index in [0.717, 1.165) is 5.06 Å². The molecule has 0 rings (SSSR count). The zero-order valence-corrected chi connectivity index (χ0v) is 5.42. The molecular formula is C5H13NO2. The quantitative estimate of drug-likeness (QED) is 0.428. The van der Waals surface area contributed by atoms with Crippen molar-refractivity contribution < 1.29 is 9.94 Å². The SMILES string of the molecule is CCOCCN(C)O. The first-order valence-electron chi connectivity index (χ1n) is 2.75. The van der Waals surface area contributed by atoms with Crippen LogP contribution in [0.3, 0.4) is 0 Å². The van der Waals surface area contributed by atoms with Gasteiger partial charge in [0.15, 0.2) is 0 Å². The topological polar surface area (TPSA) is 32.7 Å². The largest absolute Gasteiger partial charge is 0.380 e. The van der Waals surface area contributed by atoms with Crippen LogP contribution in [0.25, 0.3) is 0 Å². The molecule has 0 fully saturated rings. The zero-order chi connectivity index (χ0) is 6.41. The van der Waals surface area contributed by atoms with Gasteiger partial charge in [-0.3, -0.25) is 0 Å². The van der Waals surface area contributed by atoms with Crippen molar-refractivity contribution in [2.45, 2.75) is 6.92 Å². The molecule has 0 aromatic carbocycles. The van der Waals surface area contributed by atoms with Crippen LogP contribution in [0, 0.1) is 0 Å². The molecule has 0 saturated carbocycles. The van der Waals surface area contributed by atoms with Crippen molar-refractivity contribution in [3.8, 4) is 0 Å². The van der Waals surface area contributed by atoms with Crippen LogP contribution in [0.4, 0.5) is 0 Å². The summed E-state index contributed by atoms with van der Waals surface area (Å²) in [6.07, 6.45) is 0. The summed E-state index contributed by atoms with van der Waals surface area (Å²) in [6, 6.07) is 0. The lowest BCUT2D eigenvalue weighted by Gasteiger charge is -2.05. The molecule has 0 radical (unpaired) electrons. The highest BCUT2D eigenvalue weighted by atomic mass is 16.5. The molecule has 0 aliphatic rings. The molecule has 0 aromatic rings. The molecule has 0 saturated heterocycles. The maximum Gasteiger partial charge on any atom is 0.0616 e. The summed E-state index contributed by atoms with van der Waals surface area (Å²) in [5.74, 6) is 0. The average molecular weight is 119 g/mol. The molecule has 0 aliphatic carbocycles. The minimum atomic E-state index is 0.577. The summed E-state index contributed by atoms with van der Waals surface area (Å²) >= 11 is 0. The van der Waals surface area contributed by atoms with Crippen molar-refractivity contribution in [3.63, 3.8) is 0 Å². The van der Waals surface area contributed by atoms with Gasteiger partial charge in [0.25, 0.3) is 0 Å². The second-order valence-corrected chi connectivity index (χ2v) is 1.58. The average Bonchev–Trinajstić information content (AvgIpc) is 1.66. The monoisotopic (exact) mass is 119 g/mol. The first-order chi connectivity index (χ1) is 3.77. The molecule has 1 N–H and O–H groups in total. The fourth-order valence-electron chi connectivity index (χ4n) is 0.341. The lowest BCUT2D eigenvalue weighted by molar-refractivity contribution is -0.0795. The minimum absolute atomic E-state index is 0.577. The van der Waals surface area contributed by atoms with Gasteiger partial charge in [-0.2, -0.15) is 5.06 Å². The number of likely N-dealkylation sites (N-methyl/N-ethyl adjacent to an activating group) is 1. The number of ether oxygens (including phenoxy) is 1. The van der Waals surface area contributed by atoms with Crippen molar-refractivity contribution >= 4 is 0 Å². The number of hydrogen-bond acceptors (Lipinski definition) is 3. The number of rotatable bonds is 4. The van der Waals surface area contributed by atoms with Crippen LogP contribution < -0.4 is 0 Å². The highest BCUT2D eigenvalue weighted by Crippen LogP contribution is 1.75. The Balaban J connectivity index is 2.72. The second kappa shape index (κ2) is 5.03. The van der Waals surface area contributed by atoms with E-state index in [2.05, 4.69) is 0 Å². The zero-order valence-electron chi connectivity index (χ0n) is 5.42. The van der Waals surface area contributed by atoms with E-state index >= 15 is 0 Å². The fraction of sp³-hybridized carbons (Fsp3) is 1.00. The van der Waals surface area contributed by atoms with Gasteiger partial charge >= 0.3 is 0 Å². The predicted octanol–water partition coefficient (Wildman–Crippen LogP) is 0.344. The van der Waals surface area contributed by atoms with Crippen molar-refractivity contribution in [1.82, 2.24) is 5.06 Å². The molecule has 0 bridgehead atoms. The number of hydrogen-bond donors (Lipinski definition) is 1. The third-order valence-electron chi connectivity index (χ3n) is 0.763. The van der Waals surface area contributed by atoms with Gasteiger partial charge in [-0.15, -0.1) is 0 Å². The Morgan fingerprint density at radius 3 is 2.62 bits per heavy atom. The van der Waals surface area contributed by atoms with Gasteiger partial charge in [0, 0.05) is 20.2 Å². The van der Waals surface area contributed by atoms with Gasteiger partial charge in [-0.25, -0.2) is 0 Å². The minimum Gasteiger partial charge on any atom is -0.380 e. The smallest absolute Gasteiger partial charge is 0.0616 e. The Kier molecular flexibility index (Phi) is 4.95. The third kappa shape index (κ3) is 5.88. The van der Waals surface area contributed by atoms with E-state index in [1.807, 2.05) is 6.92 Å². The first-order valence-corrected chi connectivity index (χ1v) is 2.75. The number of hydroxylamine groups is 2. The van der Waals surface area contributed by atoms with Gasteiger partial charge in [0.2, 0.25) is 0 Å². The van der Waals surface area contributed by atoms with Crippen LogP contribution in [-0.4, -0.2) is 37.1 Å². The van der Waals surface area contributed by atoms with Crippen LogP contribution in [-0.2, 0) is 4.74 Å². The van der Waals surface area contributed by atoms with Gasteiger partial charge in [0.05, 0.1) is 6.61 Å². The van der Waals surface area contributed by atoms with Gasteiger partial charge in [0.1, 0.15) is 0 Å². The molecule has 0 heterocycles. The lowest BCUT2D eigenvalue weighted by Crippen LogP contribution is -2.18. The van der Waals surface area contributed by atoms with Crippen molar-refractivity contribution in [3.05, 3.63) is 0 Å². The van der Waals surface area contributed by atoms with Crippen LogP contribution in [0.2, 0.25) is 0 Å². The first kappa shape index (κ1) is 7.88. The Bertz CT molecular complexity index is 47.7. The van der Waals surface area contributed by atoms with E-state index in [9.17, 15) is 0 Å².